The highest BCUT2D eigenvalue weighted by Gasteiger charge is 2.10. The highest BCUT2D eigenvalue weighted by Crippen LogP contribution is 2.26. The number of nitriles is 1. The first kappa shape index (κ1) is 20.7. The predicted molar refractivity (Wildman–Crippen MR) is 115 cm³/mol. The van der Waals surface area contributed by atoms with E-state index in [1.165, 1.54) is 0 Å². The van der Waals surface area contributed by atoms with Crippen LogP contribution in [0.5, 0.6) is 0 Å². The number of nitrogens with one attached hydrogen (secondary N) is 1. The minimum atomic E-state index is 0.298. The van der Waals surface area contributed by atoms with Crippen molar-refractivity contribution in [2.24, 2.45) is 5.73 Å². The van der Waals surface area contributed by atoms with Crippen LogP contribution in [0.4, 0.5) is 5.82 Å². The summed E-state index contributed by atoms with van der Waals surface area (Å²) in [5.41, 5.74) is 9.12. The Morgan fingerprint density at radius 2 is 1.97 bits per heavy atom. The monoisotopic (exact) mass is 405 g/mol. The molecule has 2 aromatic heterocycles. The first-order valence-electron chi connectivity index (χ1n) is 9.35. The second kappa shape index (κ2) is 9.96. The van der Waals surface area contributed by atoms with Crippen LogP contribution in [0.3, 0.4) is 0 Å². The molecular formula is C21H23N7S. The molecule has 0 saturated heterocycles. The number of anilines is 1. The van der Waals surface area contributed by atoms with Crippen LogP contribution in [0.1, 0.15) is 30.5 Å². The largest absolute Gasteiger partial charge is 0.366 e. The van der Waals surface area contributed by atoms with E-state index < -0.39 is 0 Å². The lowest BCUT2D eigenvalue weighted by atomic mass is 10.0. The molecule has 0 aliphatic rings. The fraction of sp³-hybridized carbons (Fsp3) is 0.286. The van der Waals surface area contributed by atoms with Crippen molar-refractivity contribution >= 4 is 17.6 Å². The average molecular weight is 406 g/mol. The Labute approximate surface area is 174 Å². The van der Waals surface area contributed by atoms with E-state index in [0.29, 0.717) is 24.0 Å². The lowest BCUT2D eigenvalue weighted by Gasteiger charge is -2.11. The maximum absolute atomic E-state index is 9.28. The summed E-state index contributed by atoms with van der Waals surface area (Å²) in [6, 6.07) is 10.1. The Hall–Kier alpha value is -3.02. The van der Waals surface area contributed by atoms with Crippen molar-refractivity contribution in [3.63, 3.8) is 0 Å². The second-order valence-electron chi connectivity index (χ2n) is 6.78. The van der Waals surface area contributed by atoms with E-state index >= 15 is 0 Å². The van der Waals surface area contributed by atoms with Crippen LogP contribution < -0.4 is 11.1 Å². The fourth-order valence-electron chi connectivity index (χ4n) is 2.76. The minimum Gasteiger partial charge on any atom is -0.366 e. The van der Waals surface area contributed by atoms with E-state index in [-0.39, 0.29) is 0 Å². The third-order valence-electron chi connectivity index (χ3n) is 4.12. The first-order valence-corrected chi connectivity index (χ1v) is 10.3. The molecule has 8 heteroatoms. The van der Waals surface area contributed by atoms with Crippen molar-refractivity contribution in [3.8, 4) is 17.5 Å². The summed E-state index contributed by atoms with van der Waals surface area (Å²) in [6.07, 6.45) is 6.01. The van der Waals surface area contributed by atoms with Gasteiger partial charge in [-0.25, -0.2) is 9.97 Å². The zero-order chi connectivity index (χ0) is 20.6. The van der Waals surface area contributed by atoms with E-state index in [0.717, 1.165) is 39.6 Å². The molecular weight excluding hydrogens is 382 g/mol. The van der Waals surface area contributed by atoms with E-state index in [2.05, 4.69) is 45.4 Å². The maximum Gasteiger partial charge on any atom is 0.159 e. The summed E-state index contributed by atoms with van der Waals surface area (Å²) in [6.45, 7) is 4.53. The van der Waals surface area contributed by atoms with E-state index in [9.17, 15) is 5.26 Å². The van der Waals surface area contributed by atoms with Gasteiger partial charge in [-0.2, -0.15) is 10.4 Å². The summed E-state index contributed by atoms with van der Waals surface area (Å²) in [5.74, 6) is 2.24. The predicted octanol–water partition coefficient (Wildman–Crippen LogP) is 3.42. The normalized spacial score (nSPS) is 10.7. The third kappa shape index (κ3) is 5.73. The van der Waals surface area contributed by atoms with Gasteiger partial charge in [-0.15, -0.1) is 16.9 Å². The molecule has 148 valence electrons. The molecule has 0 amide bonds. The van der Waals surface area contributed by atoms with Crippen LogP contribution in [-0.2, 0) is 13.0 Å². The van der Waals surface area contributed by atoms with Crippen molar-refractivity contribution in [2.45, 2.75) is 37.8 Å². The molecule has 3 rings (SSSR count). The number of nitrogens with two attached hydrogens (primary N) is 1. The van der Waals surface area contributed by atoms with Crippen molar-refractivity contribution in [3.05, 3.63) is 59.5 Å². The van der Waals surface area contributed by atoms with Crippen LogP contribution in [0.15, 0.2) is 47.8 Å². The number of hydrogen-bond acceptors (Lipinski definition) is 8. The van der Waals surface area contributed by atoms with Gasteiger partial charge in [0.25, 0.3) is 0 Å². The lowest BCUT2D eigenvalue weighted by Crippen LogP contribution is -2.11. The topological polar surface area (TPSA) is 113 Å². The maximum atomic E-state index is 9.28. The van der Waals surface area contributed by atoms with Gasteiger partial charge in [0.05, 0.1) is 17.8 Å². The van der Waals surface area contributed by atoms with Crippen LogP contribution >= 0.6 is 11.8 Å². The van der Waals surface area contributed by atoms with E-state index in [4.69, 9.17) is 5.73 Å². The van der Waals surface area contributed by atoms with Crippen LogP contribution in [-0.4, -0.2) is 32.0 Å². The van der Waals surface area contributed by atoms with E-state index in [1.807, 2.05) is 18.2 Å². The number of rotatable bonds is 8. The smallest absolute Gasteiger partial charge is 0.159 e. The Morgan fingerprint density at radius 3 is 2.66 bits per heavy atom. The van der Waals surface area contributed by atoms with Crippen LogP contribution in [0.25, 0.3) is 11.4 Å². The SMILES string of the molecule is CC(C)Nc1cc(SCCc2cc(C#N)ccc2-c2ncc(CN)cn2)cnn1. The minimum absolute atomic E-state index is 0.298. The standard InChI is InChI=1S/C21H23N7S/c1-14(2)27-20-8-18(13-26-28-20)29-6-5-17-7-15(9-22)3-4-19(17)21-24-11-16(10-23)12-25-21/h3-4,7-8,11-14H,5-6,10,23H2,1-2H3,(H,27,28). The molecule has 0 atom stereocenters. The van der Waals surface area contributed by atoms with Crippen LogP contribution in [0, 0.1) is 11.3 Å². The van der Waals surface area contributed by atoms with Gasteiger partial charge in [0.1, 0.15) is 5.82 Å². The lowest BCUT2D eigenvalue weighted by molar-refractivity contribution is 0.868. The Bertz CT molecular complexity index is 997. The molecule has 3 N–H and O–H groups in total. The molecule has 0 spiro atoms. The summed E-state index contributed by atoms with van der Waals surface area (Å²) < 4.78 is 0. The molecule has 2 heterocycles. The van der Waals surface area contributed by atoms with Crippen molar-refractivity contribution in [1.82, 2.24) is 20.2 Å². The summed E-state index contributed by atoms with van der Waals surface area (Å²) in [7, 11) is 0. The first-order chi connectivity index (χ1) is 14.1. The van der Waals surface area contributed by atoms with Crippen molar-refractivity contribution in [2.75, 3.05) is 11.1 Å². The average Bonchev–Trinajstić information content (AvgIpc) is 2.73. The molecule has 1 aromatic carbocycles. The summed E-state index contributed by atoms with van der Waals surface area (Å²) in [5, 5.41) is 20.7. The highest BCUT2D eigenvalue weighted by atomic mass is 32.2. The van der Waals surface area contributed by atoms with Gasteiger partial charge >= 0.3 is 0 Å². The molecule has 0 saturated carbocycles. The molecule has 7 nitrogen and oxygen atoms in total. The Morgan fingerprint density at radius 1 is 1.17 bits per heavy atom. The van der Waals surface area contributed by atoms with Gasteiger partial charge in [0, 0.05) is 46.8 Å². The third-order valence-corrected chi connectivity index (χ3v) is 5.09. The van der Waals surface area contributed by atoms with Gasteiger partial charge in [-0.1, -0.05) is 0 Å². The number of nitrogens with zero attached hydrogens (tertiary/aromatic N) is 5. The van der Waals surface area contributed by atoms with Crippen LogP contribution in [0.2, 0.25) is 0 Å². The summed E-state index contributed by atoms with van der Waals surface area (Å²) >= 11 is 1.70. The summed E-state index contributed by atoms with van der Waals surface area (Å²) in [4.78, 5) is 9.91. The molecule has 29 heavy (non-hydrogen) atoms. The fourth-order valence-corrected chi connectivity index (χ4v) is 3.63. The molecule has 0 unspecified atom stereocenters. The number of thioether (sulfide) groups is 1. The number of hydrogen-bond donors (Lipinski definition) is 2. The van der Waals surface area contributed by atoms with E-state index in [1.54, 1.807) is 36.4 Å². The molecule has 0 fully saturated rings. The van der Waals surface area contributed by atoms with Crippen molar-refractivity contribution in [1.29, 1.82) is 5.26 Å². The second-order valence-corrected chi connectivity index (χ2v) is 7.95. The zero-order valence-corrected chi connectivity index (χ0v) is 17.3. The molecule has 0 aliphatic carbocycles. The van der Waals surface area contributed by atoms with Gasteiger partial charge in [-0.3, -0.25) is 0 Å². The van der Waals surface area contributed by atoms with Gasteiger partial charge in [0.2, 0.25) is 0 Å². The molecule has 0 aliphatic heterocycles. The zero-order valence-electron chi connectivity index (χ0n) is 16.5. The van der Waals surface area contributed by atoms with Gasteiger partial charge in [-0.05, 0) is 50.1 Å². The quantitative estimate of drug-likeness (QED) is 0.548. The van der Waals surface area contributed by atoms with Gasteiger partial charge in [0.15, 0.2) is 5.82 Å². The number of benzene rings is 1. The number of aromatic nitrogens is 4. The molecule has 0 bridgehead atoms. The molecule has 3 aromatic rings. The Balaban J connectivity index is 1.75. The Kier molecular flexibility index (Phi) is 7.11. The highest BCUT2D eigenvalue weighted by molar-refractivity contribution is 7.99. The molecule has 0 radical (unpaired) electrons. The number of aryl methyl sites for hydroxylation is 1. The van der Waals surface area contributed by atoms with Gasteiger partial charge < -0.3 is 11.1 Å². The van der Waals surface area contributed by atoms with Crippen molar-refractivity contribution < 1.29 is 0 Å².